The number of esters is 5. The van der Waals surface area contributed by atoms with Crippen molar-refractivity contribution in [3.05, 3.63) is 262 Å². The first-order valence-electron chi connectivity index (χ1n) is 45.9. The highest BCUT2D eigenvalue weighted by atomic mass is 16.8. The molecule has 7 aromatic carbocycles. The highest BCUT2D eigenvalue weighted by molar-refractivity contribution is 5.91. The summed E-state index contributed by atoms with van der Waals surface area (Å²) in [7, 11) is 0. The van der Waals surface area contributed by atoms with E-state index < -0.39 is 177 Å². The van der Waals surface area contributed by atoms with E-state index in [0.717, 1.165) is 11.1 Å². The zero-order valence-electron chi connectivity index (χ0n) is 75.9. The van der Waals surface area contributed by atoms with Gasteiger partial charge in [-0.25, -0.2) is 24.0 Å². The predicted molar refractivity (Wildman–Crippen MR) is 475 cm³/mol. The molecule has 6 aliphatic rings. The molecule has 6 fully saturated rings. The Morgan fingerprint density at radius 1 is 0.333 bits per heavy atom. The van der Waals surface area contributed by atoms with E-state index >= 15 is 4.79 Å². The lowest BCUT2D eigenvalue weighted by atomic mass is 9.79. The van der Waals surface area contributed by atoms with Crippen molar-refractivity contribution in [2.45, 2.75) is 252 Å². The largest absolute Gasteiger partial charge is 0.459 e. The van der Waals surface area contributed by atoms with E-state index in [0.29, 0.717) is 57.4 Å². The summed E-state index contributed by atoms with van der Waals surface area (Å²) in [5, 5.41) is 3.74. The minimum atomic E-state index is -1.55. The number of nitrogens with zero attached hydrogens (tertiary/aromatic N) is 3. The summed E-state index contributed by atoms with van der Waals surface area (Å²) < 4.78 is 134. The molecule has 10 unspecified atom stereocenters. The fourth-order valence-electron chi connectivity index (χ4n) is 17.7. The van der Waals surface area contributed by atoms with Crippen molar-refractivity contribution in [2.24, 2.45) is 64.3 Å². The Morgan fingerprint density at radius 3 is 1.05 bits per heavy atom. The Morgan fingerprint density at radius 2 is 0.659 bits per heavy atom. The molecule has 6 saturated heterocycles. The summed E-state index contributed by atoms with van der Waals surface area (Å²) in [6, 6.07) is 62.3. The van der Waals surface area contributed by atoms with Crippen LogP contribution in [0.1, 0.15) is 178 Å². The van der Waals surface area contributed by atoms with E-state index in [2.05, 4.69) is 44.6 Å². The first-order valence-corrected chi connectivity index (χ1v) is 45.9. The minimum absolute atomic E-state index is 0.00292. The monoisotopic (exact) mass is 1780 g/mol. The third-order valence-electron chi connectivity index (χ3n) is 26.7. The summed E-state index contributed by atoms with van der Waals surface area (Å²) in [6.45, 7) is 25.1. The highest BCUT2D eigenvalue weighted by Crippen LogP contribution is 2.47. The fourth-order valence-corrected chi connectivity index (χ4v) is 17.7. The second kappa shape index (κ2) is 47.6. The lowest BCUT2D eigenvalue weighted by Gasteiger charge is -2.50. The number of hydrogen-bond acceptors (Lipinski definition) is 25. The minimum Gasteiger partial charge on any atom is -0.459 e. The number of azide groups is 1. The number of hydrogen-bond donors (Lipinski definition) is 0. The zero-order chi connectivity index (χ0) is 91.0. The van der Waals surface area contributed by atoms with Gasteiger partial charge in [0.15, 0.2) is 56.1 Å². The maximum absolute atomic E-state index is 15.5. The average Bonchev–Trinajstić information content (AvgIpc) is 1.80. The van der Waals surface area contributed by atoms with E-state index in [9.17, 15) is 19.2 Å². The van der Waals surface area contributed by atoms with Gasteiger partial charge in [-0.2, -0.15) is 0 Å². The summed E-state index contributed by atoms with van der Waals surface area (Å²) in [6.07, 6.45) is -20.6. The lowest BCUT2D eigenvalue weighted by Crippen LogP contribution is -2.62. The predicted octanol–water partition coefficient (Wildman–Crippen LogP) is 17.8. The fraction of sp³-hybridized carbons (Fsp3) is 0.539. The summed E-state index contributed by atoms with van der Waals surface area (Å²) in [5.74, 6) is -6.73. The molecule has 0 radical (unpaired) electrons. The average molecular weight is 1780 g/mol. The Hall–Kier alpha value is -9.36. The summed E-state index contributed by atoms with van der Waals surface area (Å²) >= 11 is 0. The Labute approximate surface area is 757 Å². The molecule has 0 aliphatic carbocycles. The van der Waals surface area contributed by atoms with Gasteiger partial charge < -0.3 is 90.0 Å². The lowest BCUT2D eigenvalue weighted by molar-refractivity contribution is -0.362. The van der Waals surface area contributed by atoms with Gasteiger partial charge in [-0.1, -0.05) is 259 Å². The normalized spacial score (nSPS) is 32.0. The topological polar surface area (TPSA) is 309 Å². The number of carbonyl (C=O) groups is 5. The molecule has 7 aromatic rings. The Kier molecular flexibility index (Phi) is 35.9. The van der Waals surface area contributed by atoms with Gasteiger partial charge in [-0.3, -0.25) is 0 Å². The smallest absolute Gasteiger partial charge is 0.338 e. The van der Waals surface area contributed by atoms with Gasteiger partial charge >= 0.3 is 29.8 Å². The van der Waals surface area contributed by atoms with E-state index in [1.54, 1.807) is 152 Å². The number of carbonyl (C=O) groups excluding carboxylic acids is 5. The molecule has 27 heteroatoms. The van der Waals surface area contributed by atoms with Crippen LogP contribution in [0, 0.1) is 59.2 Å². The van der Waals surface area contributed by atoms with Crippen LogP contribution in [0.3, 0.4) is 0 Å². The molecule has 13 rings (SSSR count). The van der Waals surface area contributed by atoms with Crippen molar-refractivity contribution in [1.29, 1.82) is 0 Å². The van der Waals surface area contributed by atoms with Gasteiger partial charge in [0.25, 0.3) is 0 Å². The van der Waals surface area contributed by atoms with Gasteiger partial charge in [0.2, 0.25) is 0 Å². The standard InChI is InChI=1S/C102H127N3O24/c1-13-61(3)82-88(120-94(108)75-47-31-19-32-48-75)90(121-95(109)76-49-33-20-34-50-76)101(123-82)126-85-70(12)100(119-81(60-115-93(107)74-45-29-18-30-46-74)87(85)128-99-68(10)64(6)66(8)79(117-99)58-112-56-72-41-25-16-26-42-72)129-89-83(62(4)14-2)124-102(91(89)122-96(110)77-51-35-21-36-52-77)125-84-69(11)97(113-54-38-22-37-53-104-105-103)118-80(59-114-92(106)73-43-27-17-28-44-73)86(84)127-98-67(9)63(5)65(7)78(116-98)57-111-55-71-39-23-15-24-40-71/h15-21,23-36,39-52,61-70,78-91,97-102H,13-14,22,37-38,53-60H2,1-12H3/t61-,62-,63+,64+,65-,66-,67?,68?,69?,70?,78?,79?,80?,81?,82+,83+,84-,85-,86+,87+,88?,89?,90+,91+,97+,98-,99-,100-,101+,102+/m1/s1. The van der Waals surface area contributed by atoms with E-state index in [1.165, 1.54) is 0 Å². The van der Waals surface area contributed by atoms with Crippen LogP contribution in [0.5, 0.6) is 0 Å². The third-order valence-corrected chi connectivity index (χ3v) is 26.7. The SMILES string of the molecule is CC[C@@H](C)[C@@H]1O[C@@H](O[C@@H]2C(C)[C@@H](OCCCCCN=[N+]=[N-])OC(COC(=O)c3ccccc3)[C@@H]2O[C@H]2OC(COCc3ccccc3)[C@H](C)[C@H](C)C2C)[C@@H](OC(=O)c2ccccc2)C1O[C@H]1OC(COC(=O)c2ccccc2)[C@H](O[C@H]2OC(COCc3ccccc3)[C@H](C)[C@H](C)C2C)[C@H](O[C@@H]2O[C@@H]([C@H](C)CC)C(OC(=O)c3ccccc3)[C@@H]2OC(=O)c2ccccc2)C1C. The van der Waals surface area contributed by atoms with Gasteiger partial charge in [-0.15, -0.1) is 0 Å². The quantitative estimate of drug-likeness (QED) is 0.00858. The number of unbranched alkanes of at least 4 members (excludes halogenated alkanes) is 2. The van der Waals surface area contributed by atoms with Crippen molar-refractivity contribution in [2.75, 3.05) is 39.6 Å². The molecule has 30 atom stereocenters. The van der Waals surface area contributed by atoms with Crippen LogP contribution < -0.4 is 0 Å². The van der Waals surface area contributed by atoms with E-state index in [4.69, 9.17) is 95.5 Å². The van der Waals surface area contributed by atoms with Crippen molar-refractivity contribution >= 4 is 29.8 Å². The molecular formula is C102H127N3O24. The first-order chi connectivity index (χ1) is 62.6. The van der Waals surface area contributed by atoms with E-state index in [-0.39, 0.29) is 90.1 Å². The van der Waals surface area contributed by atoms with Crippen molar-refractivity contribution in [3.8, 4) is 0 Å². The van der Waals surface area contributed by atoms with Crippen molar-refractivity contribution < 1.29 is 114 Å². The summed E-state index contributed by atoms with van der Waals surface area (Å²) in [5.41, 5.74) is 12.3. The summed E-state index contributed by atoms with van der Waals surface area (Å²) in [4.78, 5) is 76.9. The van der Waals surface area contributed by atoms with Crippen LogP contribution in [0.15, 0.2) is 217 Å². The molecule has 0 bridgehead atoms. The molecule has 129 heavy (non-hydrogen) atoms. The molecule has 0 aromatic heterocycles. The number of benzene rings is 7. The van der Waals surface area contributed by atoms with Gasteiger partial charge in [0.05, 0.1) is 84.8 Å². The molecule has 0 spiro atoms. The zero-order valence-corrected chi connectivity index (χ0v) is 75.9. The van der Waals surface area contributed by atoms with Crippen LogP contribution >= 0.6 is 0 Å². The molecule has 0 saturated carbocycles. The molecule has 0 N–H and O–H groups in total. The maximum atomic E-state index is 15.5. The van der Waals surface area contributed by atoms with E-state index in [1.807, 2.05) is 109 Å². The number of rotatable bonds is 41. The second-order valence-electron chi connectivity index (χ2n) is 35.3. The van der Waals surface area contributed by atoms with Crippen LogP contribution in [0.4, 0.5) is 0 Å². The molecule has 0 amide bonds. The molecule has 694 valence electrons. The van der Waals surface area contributed by atoms with Crippen LogP contribution in [-0.4, -0.2) is 193 Å². The van der Waals surface area contributed by atoms with Crippen molar-refractivity contribution in [3.63, 3.8) is 0 Å². The Balaban J connectivity index is 0.916. The maximum Gasteiger partial charge on any atom is 0.338 e. The molecule has 27 nitrogen and oxygen atoms in total. The third kappa shape index (κ3) is 25.1. The highest BCUT2D eigenvalue weighted by Gasteiger charge is 2.61. The van der Waals surface area contributed by atoms with Crippen LogP contribution in [-0.2, 0) is 103 Å². The first kappa shape index (κ1) is 97.2. The number of ether oxygens (including phenoxy) is 19. The molecular weight excluding hydrogens is 1650 g/mol. The van der Waals surface area contributed by atoms with Crippen LogP contribution in [0.2, 0.25) is 0 Å². The molecule has 6 heterocycles. The Bertz CT molecular complexity index is 4650. The van der Waals surface area contributed by atoms with Gasteiger partial charge in [-0.05, 0) is 126 Å². The van der Waals surface area contributed by atoms with Gasteiger partial charge in [0, 0.05) is 41.7 Å². The van der Waals surface area contributed by atoms with Gasteiger partial charge in [0.1, 0.15) is 49.8 Å². The van der Waals surface area contributed by atoms with Crippen molar-refractivity contribution in [1.82, 2.24) is 0 Å². The van der Waals surface area contributed by atoms with Crippen LogP contribution in [0.25, 0.3) is 10.4 Å². The second-order valence-corrected chi connectivity index (χ2v) is 35.3. The molecule has 6 aliphatic heterocycles.